The van der Waals surface area contributed by atoms with Gasteiger partial charge in [-0.1, -0.05) is 51.1 Å². The van der Waals surface area contributed by atoms with Gasteiger partial charge in [-0.25, -0.2) is 0 Å². The third kappa shape index (κ3) is 5.09. The van der Waals surface area contributed by atoms with Gasteiger partial charge >= 0.3 is 0 Å². The van der Waals surface area contributed by atoms with Crippen LogP contribution in [0.15, 0.2) is 42.5 Å². The Balaban J connectivity index is 2.06. The van der Waals surface area contributed by atoms with E-state index in [-0.39, 0.29) is 5.78 Å². The summed E-state index contributed by atoms with van der Waals surface area (Å²) < 4.78 is 29.4. The van der Waals surface area contributed by atoms with Crippen LogP contribution in [0.25, 0.3) is 0 Å². The summed E-state index contributed by atoms with van der Waals surface area (Å²) in [5.74, 6) is -0.260. The Hall–Kier alpha value is -2.22. The molecule has 1 unspecified atom stereocenters. The van der Waals surface area contributed by atoms with Crippen molar-refractivity contribution in [2.24, 2.45) is 0 Å². The summed E-state index contributed by atoms with van der Waals surface area (Å²) >= 11 is 0. The molecule has 2 N–H and O–H groups in total. The van der Waals surface area contributed by atoms with Crippen LogP contribution in [0.1, 0.15) is 48.9 Å². The number of hydrogen-bond acceptors (Lipinski definition) is 4. The Labute approximate surface area is 179 Å². The predicted molar refractivity (Wildman–Crippen MR) is 121 cm³/mol. The van der Waals surface area contributed by atoms with Crippen molar-refractivity contribution in [1.29, 1.82) is 0 Å². The highest BCUT2D eigenvalue weighted by Gasteiger charge is 2.30. The number of carbonyl (C=O) groups is 1. The number of Topliss-reactive ketones (excluding diaryl/α,β-unsaturated/α-hetero) is 1. The highest BCUT2D eigenvalue weighted by atomic mass is 32.2. The number of likely N-dealkylation sites (N-methyl/N-ethyl adjacent to an activating group) is 1. The van der Waals surface area contributed by atoms with Crippen LogP contribution in [0.5, 0.6) is 0 Å². The topological polar surface area (TPSA) is 78.5 Å². The van der Waals surface area contributed by atoms with E-state index in [1.165, 1.54) is 5.56 Å². The molecule has 0 spiro atoms. The van der Waals surface area contributed by atoms with Gasteiger partial charge in [0, 0.05) is 6.54 Å². The Bertz CT molecular complexity index is 1000. The van der Waals surface area contributed by atoms with Crippen molar-refractivity contribution in [1.82, 2.24) is 9.62 Å². The number of nitrogens with zero attached hydrogens (tertiary/aromatic N) is 1. The van der Waals surface area contributed by atoms with Crippen molar-refractivity contribution in [3.63, 3.8) is 0 Å². The van der Waals surface area contributed by atoms with Crippen molar-refractivity contribution in [2.45, 2.75) is 39.5 Å². The van der Waals surface area contributed by atoms with Crippen LogP contribution in [-0.4, -0.2) is 45.3 Å². The fraction of sp³-hybridized carbons (Fsp3) is 0.435. The molecule has 0 aliphatic heterocycles. The lowest BCUT2D eigenvalue weighted by atomic mass is 9.84. The van der Waals surface area contributed by atoms with E-state index in [1.807, 2.05) is 30.3 Å². The summed E-state index contributed by atoms with van der Waals surface area (Å²) in [5.41, 5.74) is 4.67. The summed E-state index contributed by atoms with van der Waals surface area (Å²) in [6.07, 6.45) is 1.68. The van der Waals surface area contributed by atoms with Crippen LogP contribution in [0.3, 0.4) is 0 Å². The van der Waals surface area contributed by atoms with Crippen LogP contribution in [0, 0.1) is 0 Å². The van der Waals surface area contributed by atoms with Gasteiger partial charge in [-0.05, 0) is 60.3 Å². The Kier molecular flexibility index (Phi) is 7.28. The minimum absolute atomic E-state index is 0.140. The van der Waals surface area contributed by atoms with Gasteiger partial charge in [-0.3, -0.25) is 14.4 Å². The molecule has 0 heterocycles. The third-order valence-corrected chi connectivity index (χ3v) is 6.84. The predicted octanol–water partition coefficient (Wildman–Crippen LogP) is 3.09. The normalized spacial score (nSPS) is 15.9. The second-order valence-corrected chi connectivity index (χ2v) is 9.08. The highest BCUT2D eigenvalue weighted by molar-refractivity contribution is 7.90. The van der Waals surface area contributed by atoms with Crippen molar-refractivity contribution in [3.05, 3.63) is 64.7 Å². The van der Waals surface area contributed by atoms with E-state index in [1.54, 1.807) is 13.0 Å². The summed E-state index contributed by atoms with van der Waals surface area (Å²) in [5, 5.41) is 0. The number of fused-ring (bicyclic) bond motifs is 2. The van der Waals surface area contributed by atoms with Crippen LogP contribution in [-0.2, 0) is 27.8 Å². The molecule has 7 heteroatoms. The lowest BCUT2D eigenvalue weighted by Crippen LogP contribution is -2.33. The minimum atomic E-state index is -3.64. The molecule has 0 amide bonds. The van der Waals surface area contributed by atoms with E-state index in [0.29, 0.717) is 18.8 Å². The van der Waals surface area contributed by atoms with Gasteiger partial charge < -0.3 is 0 Å². The van der Waals surface area contributed by atoms with Gasteiger partial charge in [0.05, 0.1) is 18.2 Å². The number of aryl methyl sites for hydroxylation is 2. The number of anilines is 1. The fourth-order valence-electron chi connectivity index (χ4n) is 4.12. The van der Waals surface area contributed by atoms with E-state index in [2.05, 4.69) is 34.3 Å². The van der Waals surface area contributed by atoms with Crippen LogP contribution in [0.4, 0.5) is 5.69 Å². The van der Waals surface area contributed by atoms with Gasteiger partial charge in [0.25, 0.3) is 10.2 Å². The molecule has 30 heavy (non-hydrogen) atoms. The molecule has 2 aromatic carbocycles. The van der Waals surface area contributed by atoms with Gasteiger partial charge in [-0.15, -0.1) is 0 Å². The van der Waals surface area contributed by atoms with Crippen molar-refractivity contribution >= 4 is 21.7 Å². The summed E-state index contributed by atoms with van der Waals surface area (Å²) in [4.78, 5) is 15.6. The first-order valence-electron chi connectivity index (χ1n) is 10.6. The van der Waals surface area contributed by atoms with E-state index in [4.69, 9.17) is 0 Å². The zero-order chi connectivity index (χ0) is 21.7. The number of benzene rings is 2. The largest absolute Gasteiger partial charge is 0.299 e. The molecule has 2 aromatic rings. The minimum Gasteiger partial charge on any atom is -0.297 e. The van der Waals surface area contributed by atoms with Gasteiger partial charge in [-0.2, -0.15) is 13.1 Å². The molecule has 0 bridgehead atoms. The number of nitrogens with one attached hydrogen (secondary N) is 2. The van der Waals surface area contributed by atoms with Crippen molar-refractivity contribution < 1.29 is 13.2 Å². The number of hydrogen-bond donors (Lipinski definition) is 2. The standard InChI is InChI=1S/C23H31N3O3S/c1-4-24-30(28,29)25-19-14-13-18-12-11-17-9-7-8-10-20(17)23(21(18)15-19)22(27)16-26(5-2)6-3/h7-10,13-15,23-25H,4-6,11-12,16H2,1-3H3. The SMILES string of the molecule is CCNS(=O)(=O)Nc1ccc2c(c1)C(C(=O)CN(CC)CC)c1ccccc1CC2. The quantitative estimate of drug-likeness (QED) is 0.642. The van der Waals surface area contributed by atoms with Gasteiger partial charge in [0.2, 0.25) is 0 Å². The van der Waals surface area contributed by atoms with Crippen LogP contribution in [0.2, 0.25) is 0 Å². The maximum absolute atomic E-state index is 13.5. The zero-order valence-electron chi connectivity index (χ0n) is 17.9. The maximum atomic E-state index is 13.5. The molecule has 0 fully saturated rings. The monoisotopic (exact) mass is 429 g/mol. The van der Waals surface area contributed by atoms with Crippen molar-refractivity contribution in [3.8, 4) is 0 Å². The van der Waals surface area contributed by atoms with Gasteiger partial charge in [0.1, 0.15) is 0 Å². The molecule has 0 radical (unpaired) electrons. The second kappa shape index (κ2) is 9.73. The molecule has 3 rings (SSSR count). The summed E-state index contributed by atoms with van der Waals surface area (Å²) in [7, 11) is -3.64. The summed E-state index contributed by atoms with van der Waals surface area (Å²) in [6.45, 7) is 8.14. The van der Waals surface area contributed by atoms with Crippen molar-refractivity contribution in [2.75, 3.05) is 30.9 Å². The highest BCUT2D eigenvalue weighted by Crippen LogP contribution is 2.36. The summed E-state index contributed by atoms with van der Waals surface area (Å²) in [6, 6.07) is 13.7. The zero-order valence-corrected chi connectivity index (χ0v) is 18.8. The Morgan fingerprint density at radius 3 is 2.33 bits per heavy atom. The van der Waals surface area contributed by atoms with E-state index >= 15 is 0 Å². The first-order chi connectivity index (χ1) is 14.4. The molecule has 1 aliphatic carbocycles. The molecule has 1 aliphatic rings. The molecule has 0 aromatic heterocycles. The van der Waals surface area contributed by atoms with Crippen LogP contribution < -0.4 is 9.44 Å². The molecule has 6 nitrogen and oxygen atoms in total. The maximum Gasteiger partial charge on any atom is 0.299 e. The first-order valence-corrected chi connectivity index (χ1v) is 12.1. The number of rotatable bonds is 9. The fourth-order valence-corrected chi connectivity index (χ4v) is 5.01. The van der Waals surface area contributed by atoms with E-state index in [9.17, 15) is 13.2 Å². The smallest absolute Gasteiger partial charge is 0.297 e. The number of ketones is 1. The molecule has 162 valence electrons. The molecular weight excluding hydrogens is 398 g/mol. The van der Waals surface area contributed by atoms with E-state index < -0.39 is 16.1 Å². The second-order valence-electron chi connectivity index (χ2n) is 7.58. The van der Waals surface area contributed by atoms with E-state index in [0.717, 1.165) is 42.6 Å². The lowest BCUT2D eigenvalue weighted by molar-refractivity contribution is -0.120. The number of carbonyl (C=O) groups excluding carboxylic acids is 1. The molecule has 0 saturated carbocycles. The Morgan fingerprint density at radius 1 is 1.00 bits per heavy atom. The van der Waals surface area contributed by atoms with Gasteiger partial charge in [0.15, 0.2) is 5.78 Å². The van der Waals surface area contributed by atoms with Crippen LogP contribution >= 0.6 is 0 Å². The first kappa shape index (κ1) is 22.5. The third-order valence-electron chi connectivity index (χ3n) is 5.67. The molecular formula is C23H31N3O3S. The Morgan fingerprint density at radius 2 is 1.67 bits per heavy atom. The molecule has 1 atom stereocenters. The molecule has 0 saturated heterocycles. The lowest BCUT2D eigenvalue weighted by Gasteiger charge is -2.24. The average Bonchev–Trinajstić information content (AvgIpc) is 2.88. The average molecular weight is 430 g/mol.